The van der Waals surface area contributed by atoms with Crippen molar-refractivity contribution >= 4 is 35.1 Å². The van der Waals surface area contributed by atoms with Crippen LogP contribution in [0, 0.1) is 0 Å². The number of hydrogen-bond acceptors (Lipinski definition) is 3. The fourth-order valence-corrected chi connectivity index (χ4v) is 2.88. The van der Waals surface area contributed by atoms with Crippen molar-refractivity contribution in [2.75, 3.05) is 7.11 Å². The van der Waals surface area contributed by atoms with Gasteiger partial charge in [-0.05, 0) is 54.1 Å². The van der Waals surface area contributed by atoms with Crippen LogP contribution in [-0.4, -0.2) is 13.3 Å². The van der Waals surface area contributed by atoms with Gasteiger partial charge < -0.3 is 9.47 Å². The summed E-state index contributed by atoms with van der Waals surface area (Å²) in [7, 11) is 1.53. The molecule has 5 heteroatoms. The molecular formula is C20H15Cl2NO2. The predicted molar refractivity (Wildman–Crippen MR) is 103 cm³/mol. The number of methoxy groups -OCH3 is 1. The lowest BCUT2D eigenvalue weighted by molar-refractivity contribution is 0.415. The fraction of sp³-hybridized carbons (Fsp3) is 0.0500. The van der Waals surface area contributed by atoms with E-state index in [4.69, 9.17) is 32.7 Å². The summed E-state index contributed by atoms with van der Waals surface area (Å²) >= 11 is 12.3. The molecule has 0 unspecified atom stereocenters. The van der Waals surface area contributed by atoms with Crippen LogP contribution in [0.2, 0.25) is 10.0 Å². The summed E-state index contributed by atoms with van der Waals surface area (Å²) in [5.74, 6) is 2.00. The van der Waals surface area contributed by atoms with Gasteiger partial charge in [0.15, 0.2) is 5.75 Å². The van der Waals surface area contributed by atoms with E-state index in [9.17, 15) is 0 Å². The molecule has 0 atom stereocenters. The number of ether oxygens (including phenoxy) is 2. The monoisotopic (exact) mass is 371 g/mol. The Morgan fingerprint density at radius 3 is 2.04 bits per heavy atom. The van der Waals surface area contributed by atoms with E-state index in [1.165, 1.54) is 7.11 Å². The SMILES string of the molecule is COc1c(Cl)cc(C=Nc2ccc(Oc3ccccc3)cc2)cc1Cl. The Morgan fingerprint density at radius 1 is 0.840 bits per heavy atom. The zero-order chi connectivity index (χ0) is 17.6. The van der Waals surface area contributed by atoms with Crippen LogP contribution < -0.4 is 9.47 Å². The van der Waals surface area contributed by atoms with E-state index >= 15 is 0 Å². The molecule has 25 heavy (non-hydrogen) atoms. The third-order valence-electron chi connectivity index (χ3n) is 3.40. The van der Waals surface area contributed by atoms with Gasteiger partial charge in [0.05, 0.1) is 22.8 Å². The zero-order valence-electron chi connectivity index (χ0n) is 13.4. The Balaban J connectivity index is 1.72. The minimum atomic E-state index is 0.447. The maximum Gasteiger partial charge on any atom is 0.156 e. The maximum atomic E-state index is 6.13. The van der Waals surface area contributed by atoms with Crippen LogP contribution in [-0.2, 0) is 0 Å². The lowest BCUT2D eigenvalue weighted by atomic mass is 10.2. The minimum Gasteiger partial charge on any atom is -0.494 e. The molecule has 126 valence electrons. The number of benzene rings is 3. The fourth-order valence-electron chi connectivity index (χ4n) is 2.22. The van der Waals surface area contributed by atoms with Crippen LogP contribution in [0.25, 0.3) is 0 Å². The molecule has 0 spiro atoms. The molecule has 0 heterocycles. The summed E-state index contributed by atoms with van der Waals surface area (Å²) in [5.41, 5.74) is 1.59. The first-order valence-electron chi connectivity index (χ1n) is 7.56. The summed E-state index contributed by atoms with van der Waals surface area (Å²) in [6, 6.07) is 20.6. The Bertz CT molecular complexity index is 855. The van der Waals surface area contributed by atoms with Crippen molar-refractivity contribution in [3.05, 3.63) is 82.3 Å². The average Bonchev–Trinajstić information content (AvgIpc) is 2.62. The summed E-state index contributed by atoms with van der Waals surface area (Å²) in [6.45, 7) is 0. The van der Waals surface area contributed by atoms with E-state index in [-0.39, 0.29) is 0 Å². The quantitative estimate of drug-likeness (QED) is 0.476. The summed E-state index contributed by atoms with van der Waals surface area (Å²) in [5, 5.41) is 0.895. The maximum absolute atomic E-state index is 6.13. The van der Waals surface area contributed by atoms with Crippen LogP contribution in [0.5, 0.6) is 17.2 Å². The van der Waals surface area contributed by atoms with Crippen molar-refractivity contribution in [2.45, 2.75) is 0 Å². The standard InChI is InChI=1S/C20H15Cl2NO2/c1-24-20-18(21)11-14(12-19(20)22)13-23-15-7-9-17(10-8-15)25-16-5-3-2-4-6-16/h2-13H,1H3. The summed E-state index contributed by atoms with van der Waals surface area (Å²) in [4.78, 5) is 4.42. The Hall–Kier alpha value is -2.49. The van der Waals surface area contributed by atoms with Gasteiger partial charge in [-0.25, -0.2) is 0 Å². The molecule has 0 saturated carbocycles. The minimum absolute atomic E-state index is 0.447. The lowest BCUT2D eigenvalue weighted by Gasteiger charge is -2.06. The molecule has 0 aromatic heterocycles. The van der Waals surface area contributed by atoms with Crippen molar-refractivity contribution in [3.63, 3.8) is 0 Å². The van der Waals surface area contributed by atoms with Crippen LogP contribution in [0.15, 0.2) is 71.7 Å². The predicted octanol–water partition coefficient (Wildman–Crippen LogP) is 6.54. The van der Waals surface area contributed by atoms with Gasteiger partial charge in [-0.15, -0.1) is 0 Å². The number of para-hydroxylation sites is 1. The molecule has 3 aromatic carbocycles. The van der Waals surface area contributed by atoms with E-state index in [2.05, 4.69) is 4.99 Å². The molecule has 0 bridgehead atoms. The highest BCUT2D eigenvalue weighted by atomic mass is 35.5. The van der Waals surface area contributed by atoms with E-state index in [0.29, 0.717) is 15.8 Å². The smallest absolute Gasteiger partial charge is 0.156 e. The third-order valence-corrected chi connectivity index (χ3v) is 3.96. The van der Waals surface area contributed by atoms with Crippen molar-refractivity contribution in [3.8, 4) is 17.2 Å². The van der Waals surface area contributed by atoms with Gasteiger partial charge >= 0.3 is 0 Å². The largest absolute Gasteiger partial charge is 0.494 e. The van der Waals surface area contributed by atoms with E-state index < -0.39 is 0 Å². The van der Waals surface area contributed by atoms with Gasteiger partial charge in [0.1, 0.15) is 11.5 Å². The van der Waals surface area contributed by atoms with Gasteiger partial charge in [-0.1, -0.05) is 41.4 Å². The van der Waals surface area contributed by atoms with E-state index in [1.54, 1.807) is 18.3 Å². The first kappa shape index (κ1) is 17.3. The highest BCUT2D eigenvalue weighted by molar-refractivity contribution is 6.37. The first-order chi connectivity index (χ1) is 12.2. The molecule has 3 rings (SSSR count). The van der Waals surface area contributed by atoms with Gasteiger partial charge in [0.25, 0.3) is 0 Å². The molecule has 0 aliphatic heterocycles. The number of aliphatic imine (C=N–C) groups is 1. The lowest BCUT2D eigenvalue weighted by Crippen LogP contribution is -1.89. The van der Waals surface area contributed by atoms with Gasteiger partial charge in [0.2, 0.25) is 0 Å². The number of halogens is 2. The number of rotatable bonds is 5. The van der Waals surface area contributed by atoms with Crippen LogP contribution >= 0.6 is 23.2 Å². The third kappa shape index (κ3) is 4.53. The summed E-state index contributed by atoms with van der Waals surface area (Å²) in [6.07, 6.45) is 1.70. The number of nitrogens with zero attached hydrogens (tertiary/aromatic N) is 1. The Kier molecular flexibility index (Phi) is 5.59. The average molecular weight is 372 g/mol. The second-order valence-corrected chi connectivity index (χ2v) is 6.00. The van der Waals surface area contributed by atoms with E-state index in [0.717, 1.165) is 22.7 Å². The molecule has 0 aliphatic carbocycles. The van der Waals surface area contributed by atoms with Crippen molar-refractivity contribution in [2.24, 2.45) is 4.99 Å². The molecule has 0 saturated heterocycles. The van der Waals surface area contributed by atoms with Gasteiger partial charge in [0, 0.05) is 6.21 Å². The molecular weight excluding hydrogens is 357 g/mol. The van der Waals surface area contributed by atoms with Crippen molar-refractivity contribution < 1.29 is 9.47 Å². The topological polar surface area (TPSA) is 30.8 Å². The normalized spacial score (nSPS) is 10.8. The first-order valence-corrected chi connectivity index (χ1v) is 8.31. The molecule has 0 amide bonds. The Labute approximate surface area is 156 Å². The number of hydrogen-bond donors (Lipinski definition) is 0. The molecule has 0 fully saturated rings. The van der Waals surface area contributed by atoms with Crippen LogP contribution in [0.4, 0.5) is 5.69 Å². The molecule has 0 aliphatic rings. The van der Waals surface area contributed by atoms with Crippen molar-refractivity contribution in [1.29, 1.82) is 0 Å². The van der Waals surface area contributed by atoms with Gasteiger partial charge in [-0.3, -0.25) is 4.99 Å². The van der Waals surface area contributed by atoms with Crippen LogP contribution in [0.1, 0.15) is 5.56 Å². The van der Waals surface area contributed by atoms with Crippen LogP contribution in [0.3, 0.4) is 0 Å². The second kappa shape index (κ2) is 8.06. The second-order valence-electron chi connectivity index (χ2n) is 5.19. The molecule has 0 N–H and O–H groups in total. The highest BCUT2D eigenvalue weighted by Gasteiger charge is 2.07. The summed E-state index contributed by atoms with van der Waals surface area (Å²) < 4.78 is 10.9. The zero-order valence-corrected chi connectivity index (χ0v) is 15.0. The van der Waals surface area contributed by atoms with Crippen molar-refractivity contribution in [1.82, 2.24) is 0 Å². The Morgan fingerprint density at radius 2 is 1.44 bits per heavy atom. The molecule has 3 aromatic rings. The van der Waals surface area contributed by atoms with Gasteiger partial charge in [-0.2, -0.15) is 0 Å². The molecule has 3 nitrogen and oxygen atoms in total. The van der Waals surface area contributed by atoms with E-state index in [1.807, 2.05) is 54.6 Å². The highest BCUT2D eigenvalue weighted by Crippen LogP contribution is 2.33. The molecule has 0 radical (unpaired) electrons.